The summed E-state index contributed by atoms with van der Waals surface area (Å²) in [7, 11) is 0. The van der Waals surface area contributed by atoms with E-state index in [1.165, 1.54) is 64.0 Å². The summed E-state index contributed by atoms with van der Waals surface area (Å²) in [6.45, 7) is 0. The Morgan fingerprint density at radius 1 is 0.377 bits per heavy atom. The SMILES string of the molecule is c1cc(-c2ccc3c(c2)sc2ccccc23)cc(N(c2cccc(-c3cc4ccccc4c4ccccc34)c2)c2cccc3oc4ccccc4c23)c1. The molecule has 0 amide bonds. The second kappa shape index (κ2) is 11.9. The minimum Gasteiger partial charge on any atom is -0.456 e. The molecule has 0 radical (unpaired) electrons. The van der Waals surface area contributed by atoms with Crippen LogP contribution in [-0.4, -0.2) is 0 Å². The van der Waals surface area contributed by atoms with Gasteiger partial charge in [0.05, 0.1) is 11.1 Å². The molecule has 2 nitrogen and oxygen atoms in total. The molecule has 0 atom stereocenters. The zero-order valence-corrected chi connectivity index (χ0v) is 29.5. The highest BCUT2D eigenvalue weighted by atomic mass is 32.1. The zero-order chi connectivity index (χ0) is 34.9. The number of anilines is 3. The molecule has 0 spiro atoms. The molecule has 53 heavy (non-hydrogen) atoms. The lowest BCUT2D eigenvalue weighted by molar-refractivity contribution is 0.669. The van der Waals surface area contributed by atoms with E-state index in [0.29, 0.717) is 0 Å². The summed E-state index contributed by atoms with van der Waals surface area (Å²) in [5.41, 5.74) is 9.76. The van der Waals surface area contributed by atoms with Gasteiger partial charge >= 0.3 is 0 Å². The smallest absolute Gasteiger partial charge is 0.137 e. The highest BCUT2D eigenvalue weighted by Gasteiger charge is 2.21. The van der Waals surface area contributed by atoms with Gasteiger partial charge in [-0.05, 0) is 104 Å². The number of hydrogen-bond acceptors (Lipinski definition) is 3. The van der Waals surface area contributed by atoms with Crippen molar-refractivity contribution >= 4 is 92.1 Å². The van der Waals surface area contributed by atoms with Crippen LogP contribution in [0.4, 0.5) is 17.1 Å². The standard InChI is InChI=1S/C50H31NOS/c1-2-17-38-35(12-1)30-44(40-19-4-3-18-39(38)40)34-14-10-16-37(29-34)51(45-22-11-24-47-50(45)43-21-5-7-23-46(43)52-47)36-15-9-13-32(28-36)33-26-27-42-41-20-6-8-25-48(41)53-49(42)31-33/h1-31H. The van der Waals surface area contributed by atoms with Gasteiger partial charge in [0.2, 0.25) is 0 Å². The number of hydrogen-bond donors (Lipinski definition) is 0. The van der Waals surface area contributed by atoms with Crippen molar-refractivity contribution in [2.45, 2.75) is 0 Å². The van der Waals surface area contributed by atoms with E-state index in [1.807, 2.05) is 17.4 Å². The van der Waals surface area contributed by atoms with E-state index in [2.05, 4.69) is 187 Å². The van der Waals surface area contributed by atoms with E-state index in [1.54, 1.807) is 0 Å². The maximum Gasteiger partial charge on any atom is 0.137 e. The molecule has 0 aliphatic heterocycles. The fourth-order valence-electron chi connectivity index (χ4n) is 8.21. The third-order valence-electron chi connectivity index (χ3n) is 10.6. The van der Waals surface area contributed by atoms with E-state index >= 15 is 0 Å². The third-order valence-corrected chi connectivity index (χ3v) is 11.8. The first-order valence-electron chi connectivity index (χ1n) is 18.0. The Morgan fingerprint density at radius 3 is 1.87 bits per heavy atom. The molecule has 9 aromatic carbocycles. The predicted molar refractivity (Wildman–Crippen MR) is 227 cm³/mol. The maximum absolute atomic E-state index is 6.43. The number of para-hydroxylation sites is 1. The van der Waals surface area contributed by atoms with Gasteiger partial charge in [0.15, 0.2) is 0 Å². The van der Waals surface area contributed by atoms with Crippen LogP contribution >= 0.6 is 11.3 Å². The van der Waals surface area contributed by atoms with E-state index < -0.39 is 0 Å². The Hall–Kier alpha value is -6.68. The molecule has 0 aliphatic carbocycles. The predicted octanol–water partition coefficient (Wildman–Crippen LogP) is 15.1. The van der Waals surface area contributed by atoms with Crippen LogP contribution < -0.4 is 4.90 Å². The fourth-order valence-corrected chi connectivity index (χ4v) is 9.35. The van der Waals surface area contributed by atoms with Gasteiger partial charge in [-0.1, -0.05) is 127 Å². The van der Waals surface area contributed by atoms with Crippen molar-refractivity contribution in [1.82, 2.24) is 0 Å². The number of fused-ring (bicyclic) bond motifs is 9. The van der Waals surface area contributed by atoms with Crippen LogP contribution in [0.2, 0.25) is 0 Å². The largest absolute Gasteiger partial charge is 0.456 e. The second-order valence-electron chi connectivity index (χ2n) is 13.7. The monoisotopic (exact) mass is 693 g/mol. The van der Waals surface area contributed by atoms with Crippen LogP contribution in [0.3, 0.4) is 0 Å². The Balaban J connectivity index is 1.13. The lowest BCUT2D eigenvalue weighted by Crippen LogP contribution is -2.10. The highest BCUT2D eigenvalue weighted by molar-refractivity contribution is 7.25. The van der Waals surface area contributed by atoms with Gasteiger partial charge in [-0.25, -0.2) is 0 Å². The van der Waals surface area contributed by atoms with E-state index in [-0.39, 0.29) is 0 Å². The normalized spacial score (nSPS) is 11.8. The number of nitrogens with zero attached hydrogens (tertiary/aromatic N) is 1. The summed E-state index contributed by atoms with van der Waals surface area (Å²) >= 11 is 1.86. The molecule has 2 heterocycles. The summed E-state index contributed by atoms with van der Waals surface area (Å²) in [5.74, 6) is 0. The van der Waals surface area contributed by atoms with Crippen molar-refractivity contribution in [3.63, 3.8) is 0 Å². The van der Waals surface area contributed by atoms with Crippen molar-refractivity contribution < 1.29 is 4.42 Å². The second-order valence-corrected chi connectivity index (χ2v) is 14.8. The number of furan rings is 1. The van der Waals surface area contributed by atoms with Gasteiger partial charge in [0.25, 0.3) is 0 Å². The van der Waals surface area contributed by atoms with Crippen LogP contribution in [0.1, 0.15) is 0 Å². The molecular weight excluding hydrogens is 663 g/mol. The lowest BCUT2D eigenvalue weighted by Gasteiger charge is -2.27. The van der Waals surface area contributed by atoms with Gasteiger partial charge in [-0.3, -0.25) is 0 Å². The minimum absolute atomic E-state index is 0.872. The van der Waals surface area contributed by atoms with Crippen LogP contribution in [-0.2, 0) is 0 Å². The van der Waals surface area contributed by atoms with Crippen LogP contribution in [0.15, 0.2) is 192 Å². The molecule has 11 rings (SSSR count). The molecule has 248 valence electrons. The number of thiophene rings is 1. The highest BCUT2D eigenvalue weighted by Crippen LogP contribution is 2.45. The van der Waals surface area contributed by atoms with Crippen LogP contribution in [0, 0.1) is 0 Å². The first-order valence-corrected chi connectivity index (χ1v) is 18.8. The third kappa shape index (κ3) is 4.86. The number of rotatable bonds is 5. The summed E-state index contributed by atoms with van der Waals surface area (Å²) in [5, 5.41) is 9.85. The molecule has 3 heteroatoms. The molecule has 0 saturated heterocycles. The van der Waals surface area contributed by atoms with E-state index in [9.17, 15) is 0 Å². The minimum atomic E-state index is 0.872. The Bertz CT molecular complexity index is 3200. The van der Waals surface area contributed by atoms with E-state index in [4.69, 9.17) is 4.42 Å². The van der Waals surface area contributed by atoms with Crippen LogP contribution in [0.25, 0.3) is 85.9 Å². The number of benzene rings is 9. The molecule has 0 saturated carbocycles. The van der Waals surface area contributed by atoms with Gasteiger partial charge < -0.3 is 9.32 Å². The van der Waals surface area contributed by atoms with Gasteiger partial charge in [0, 0.05) is 36.9 Å². The average Bonchev–Trinajstić information content (AvgIpc) is 3.79. The zero-order valence-electron chi connectivity index (χ0n) is 28.7. The van der Waals surface area contributed by atoms with Crippen molar-refractivity contribution in [1.29, 1.82) is 0 Å². The summed E-state index contributed by atoms with van der Waals surface area (Å²) < 4.78 is 9.05. The van der Waals surface area contributed by atoms with Crippen molar-refractivity contribution in [3.8, 4) is 22.3 Å². The van der Waals surface area contributed by atoms with Crippen molar-refractivity contribution in [2.24, 2.45) is 0 Å². The molecule has 11 aromatic rings. The quantitative estimate of drug-likeness (QED) is 0.167. The molecule has 0 N–H and O–H groups in total. The molecule has 0 aliphatic rings. The fraction of sp³-hybridized carbons (Fsp3) is 0. The molecule has 0 fully saturated rings. The Labute approximate surface area is 310 Å². The lowest BCUT2D eigenvalue weighted by atomic mass is 9.93. The first-order chi connectivity index (χ1) is 26.3. The maximum atomic E-state index is 6.43. The Kier molecular flexibility index (Phi) is 6.76. The van der Waals surface area contributed by atoms with Gasteiger partial charge in [-0.2, -0.15) is 0 Å². The van der Waals surface area contributed by atoms with Crippen molar-refractivity contribution in [2.75, 3.05) is 4.90 Å². The molecule has 0 unspecified atom stereocenters. The van der Waals surface area contributed by atoms with Crippen molar-refractivity contribution in [3.05, 3.63) is 188 Å². The molecular formula is C50H31NOS. The Morgan fingerprint density at radius 2 is 1.00 bits per heavy atom. The summed E-state index contributed by atoms with van der Waals surface area (Å²) in [6, 6.07) is 68.1. The topological polar surface area (TPSA) is 16.4 Å². The first kappa shape index (κ1) is 30.0. The van der Waals surface area contributed by atoms with Gasteiger partial charge in [-0.15, -0.1) is 11.3 Å². The van der Waals surface area contributed by atoms with Crippen LogP contribution in [0.5, 0.6) is 0 Å². The molecule has 0 bridgehead atoms. The summed E-state index contributed by atoms with van der Waals surface area (Å²) in [6.07, 6.45) is 0. The van der Waals surface area contributed by atoms with E-state index in [0.717, 1.165) is 39.0 Å². The van der Waals surface area contributed by atoms with Gasteiger partial charge in [0.1, 0.15) is 11.2 Å². The summed E-state index contributed by atoms with van der Waals surface area (Å²) in [4.78, 5) is 2.40. The molecule has 2 aromatic heterocycles. The average molecular weight is 694 g/mol.